The Morgan fingerprint density at radius 3 is 2.58 bits per heavy atom. The van der Waals surface area contributed by atoms with Crippen molar-refractivity contribution in [2.24, 2.45) is 0 Å². The van der Waals surface area contributed by atoms with Crippen molar-refractivity contribution in [1.29, 1.82) is 0 Å². The predicted octanol–water partition coefficient (Wildman–Crippen LogP) is 3.94. The highest BCUT2D eigenvalue weighted by molar-refractivity contribution is 9.10. The number of Topliss-reactive ketones (excluding diaryl/α,β-unsaturated/α-hetero) is 1. The second kappa shape index (κ2) is 5.99. The smallest absolute Gasteiger partial charge is 0.160 e. The summed E-state index contributed by atoms with van der Waals surface area (Å²) in [5, 5.41) is 9.07. The number of benzene rings is 2. The molecule has 0 bridgehead atoms. The Labute approximate surface area is 120 Å². The molecule has 2 aromatic carbocycles. The second-order valence-electron chi connectivity index (χ2n) is 4.11. The molecule has 19 heavy (non-hydrogen) atoms. The molecule has 0 aliphatic heterocycles. The molecule has 0 spiro atoms. The summed E-state index contributed by atoms with van der Waals surface area (Å²) in [6, 6.07) is 12.4. The molecular weight excluding hydrogens is 308 g/mol. The van der Waals surface area contributed by atoms with Crippen LogP contribution < -0.4 is 4.74 Å². The molecule has 0 saturated carbocycles. The molecule has 3 nitrogen and oxygen atoms in total. The van der Waals surface area contributed by atoms with Gasteiger partial charge in [0.1, 0.15) is 11.5 Å². The van der Waals surface area contributed by atoms with E-state index in [0.717, 1.165) is 5.56 Å². The first-order chi connectivity index (χ1) is 9.10. The van der Waals surface area contributed by atoms with Gasteiger partial charge in [-0.05, 0) is 58.7 Å². The molecule has 0 fully saturated rings. The van der Waals surface area contributed by atoms with Crippen LogP contribution in [-0.2, 0) is 6.61 Å². The van der Waals surface area contributed by atoms with Gasteiger partial charge < -0.3 is 9.84 Å². The van der Waals surface area contributed by atoms with Crippen molar-refractivity contribution in [3.8, 4) is 11.5 Å². The number of aliphatic hydroxyl groups is 1. The van der Waals surface area contributed by atoms with E-state index in [4.69, 9.17) is 9.84 Å². The highest BCUT2D eigenvalue weighted by Gasteiger charge is 2.07. The van der Waals surface area contributed by atoms with E-state index in [2.05, 4.69) is 15.9 Å². The number of hydrogen-bond acceptors (Lipinski definition) is 3. The third-order valence-electron chi connectivity index (χ3n) is 2.64. The fourth-order valence-electron chi connectivity index (χ4n) is 1.69. The first-order valence-corrected chi connectivity index (χ1v) is 6.57. The third kappa shape index (κ3) is 3.43. The molecule has 1 N–H and O–H groups in total. The van der Waals surface area contributed by atoms with Gasteiger partial charge in [0, 0.05) is 10.0 Å². The molecule has 0 amide bonds. The minimum Gasteiger partial charge on any atom is -0.457 e. The summed E-state index contributed by atoms with van der Waals surface area (Å²) in [4.78, 5) is 11.3. The van der Waals surface area contributed by atoms with E-state index in [9.17, 15) is 4.79 Å². The third-order valence-corrected chi connectivity index (χ3v) is 3.29. The van der Waals surface area contributed by atoms with Gasteiger partial charge in [0.25, 0.3) is 0 Å². The van der Waals surface area contributed by atoms with Crippen molar-refractivity contribution in [2.75, 3.05) is 0 Å². The van der Waals surface area contributed by atoms with Crippen LogP contribution in [0.25, 0.3) is 0 Å². The SMILES string of the molecule is CC(=O)c1ccc(Oc2cccc(CO)c2)cc1Br. The molecule has 0 aromatic heterocycles. The van der Waals surface area contributed by atoms with Gasteiger partial charge in [-0.25, -0.2) is 0 Å². The van der Waals surface area contributed by atoms with Gasteiger partial charge in [0.15, 0.2) is 5.78 Å². The molecule has 4 heteroatoms. The maximum absolute atomic E-state index is 11.3. The van der Waals surface area contributed by atoms with Crippen LogP contribution in [-0.4, -0.2) is 10.9 Å². The van der Waals surface area contributed by atoms with Crippen molar-refractivity contribution >= 4 is 21.7 Å². The Morgan fingerprint density at radius 1 is 1.21 bits per heavy atom. The minimum absolute atomic E-state index is 0.000651. The van der Waals surface area contributed by atoms with Crippen LogP contribution in [0.5, 0.6) is 11.5 Å². The fraction of sp³-hybridized carbons (Fsp3) is 0.133. The van der Waals surface area contributed by atoms with Crippen molar-refractivity contribution in [2.45, 2.75) is 13.5 Å². The molecule has 2 rings (SSSR count). The number of carbonyl (C=O) groups is 1. The van der Waals surface area contributed by atoms with E-state index in [1.165, 1.54) is 6.92 Å². The number of ketones is 1. The highest BCUT2D eigenvalue weighted by atomic mass is 79.9. The molecule has 0 atom stereocenters. The predicted molar refractivity (Wildman–Crippen MR) is 76.6 cm³/mol. The zero-order valence-corrected chi connectivity index (χ0v) is 12.0. The number of carbonyl (C=O) groups excluding carboxylic acids is 1. The normalized spacial score (nSPS) is 10.3. The molecule has 0 heterocycles. The number of hydrogen-bond donors (Lipinski definition) is 1. The number of rotatable bonds is 4. The van der Waals surface area contributed by atoms with Crippen LogP contribution in [0.4, 0.5) is 0 Å². The van der Waals surface area contributed by atoms with Crippen molar-refractivity contribution < 1.29 is 14.6 Å². The van der Waals surface area contributed by atoms with Crippen LogP contribution in [0.2, 0.25) is 0 Å². The molecule has 0 saturated heterocycles. The Hall–Kier alpha value is -1.65. The van der Waals surface area contributed by atoms with Crippen molar-refractivity contribution in [1.82, 2.24) is 0 Å². The summed E-state index contributed by atoms with van der Waals surface area (Å²) in [6.07, 6.45) is 0. The minimum atomic E-state index is -0.0236. The van der Waals surface area contributed by atoms with Gasteiger partial charge in [0.05, 0.1) is 6.61 Å². The lowest BCUT2D eigenvalue weighted by atomic mass is 10.1. The quantitative estimate of drug-likeness (QED) is 0.868. The molecule has 2 aromatic rings. The van der Waals surface area contributed by atoms with Crippen molar-refractivity contribution in [3.05, 3.63) is 58.1 Å². The fourth-order valence-corrected chi connectivity index (χ4v) is 2.33. The topological polar surface area (TPSA) is 46.5 Å². The Kier molecular flexibility index (Phi) is 4.35. The number of ether oxygens (including phenoxy) is 1. The Morgan fingerprint density at radius 2 is 1.95 bits per heavy atom. The summed E-state index contributed by atoms with van der Waals surface area (Å²) in [5.41, 5.74) is 1.41. The van der Waals surface area contributed by atoms with E-state index < -0.39 is 0 Å². The largest absolute Gasteiger partial charge is 0.457 e. The van der Waals surface area contributed by atoms with Gasteiger partial charge in [-0.2, -0.15) is 0 Å². The van der Waals surface area contributed by atoms with E-state index in [1.807, 2.05) is 18.2 Å². The first-order valence-electron chi connectivity index (χ1n) is 5.78. The lowest BCUT2D eigenvalue weighted by Crippen LogP contribution is -1.94. The zero-order chi connectivity index (χ0) is 13.8. The lowest BCUT2D eigenvalue weighted by Gasteiger charge is -2.08. The molecular formula is C15H13BrO3. The first kappa shape index (κ1) is 13.8. The summed E-state index contributed by atoms with van der Waals surface area (Å²) in [5.74, 6) is 1.28. The summed E-state index contributed by atoms with van der Waals surface area (Å²) < 4.78 is 6.39. The summed E-state index contributed by atoms with van der Waals surface area (Å²) in [6.45, 7) is 1.50. The second-order valence-corrected chi connectivity index (χ2v) is 4.96. The zero-order valence-electron chi connectivity index (χ0n) is 10.4. The van der Waals surface area contributed by atoms with Gasteiger partial charge in [-0.15, -0.1) is 0 Å². The van der Waals surface area contributed by atoms with E-state index >= 15 is 0 Å². The van der Waals surface area contributed by atoms with Crippen LogP contribution in [0.15, 0.2) is 46.9 Å². The Balaban J connectivity index is 2.23. The molecule has 0 aliphatic rings. The Bertz CT molecular complexity index is 608. The van der Waals surface area contributed by atoms with Gasteiger partial charge >= 0.3 is 0 Å². The highest BCUT2D eigenvalue weighted by Crippen LogP contribution is 2.27. The summed E-state index contributed by atoms with van der Waals surface area (Å²) >= 11 is 3.35. The van der Waals surface area contributed by atoms with Crippen LogP contribution in [0.1, 0.15) is 22.8 Å². The van der Waals surface area contributed by atoms with Crippen LogP contribution >= 0.6 is 15.9 Å². The average Bonchev–Trinajstić information content (AvgIpc) is 2.38. The average molecular weight is 321 g/mol. The summed E-state index contributed by atoms with van der Waals surface area (Å²) in [7, 11) is 0. The maximum atomic E-state index is 11.3. The van der Waals surface area contributed by atoms with E-state index in [-0.39, 0.29) is 12.4 Å². The van der Waals surface area contributed by atoms with E-state index in [0.29, 0.717) is 21.5 Å². The molecule has 0 unspecified atom stereocenters. The molecule has 0 radical (unpaired) electrons. The monoisotopic (exact) mass is 320 g/mol. The van der Waals surface area contributed by atoms with E-state index in [1.54, 1.807) is 24.3 Å². The van der Waals surface area contributed by atoms with Gasteiger partial charge in [-0.3, -0.25) is 4.79 Å². The van der Waals surface area contributed by atoms with Crippen LogP contribution in [0.3, 0.4) is 0 Å². The standard InChI is InChI=1S/C15H13BrO3/c1-10(18)14-6-5-13(8-15(14)16)19-12-4-2-3-11(7-12)9-17/h2-8,17H,9H2,1H3. The van der Waals surface area contributed by atoms with Gasteiger partial charge in [0.2, 0.25) is 0 Å². The van der Waals surface area contributed by atoms with Crippen molar-refractivity contribution in [3.63, 3.8) is 0 Å². The van der Waals surface area contributed by atoms with Gasteiger partial charge in [-0.1, -0.05) is 12.1 Å². The lowest BCUT2D eigenvalue weighted by molar-refractivity contribution is 0.101. The number of halogens is 1. The molecule has 98 valence electrons. The maximum Gasteiger partial charge on any atom is 0.160 e. The molecule has 0 aliphatic carbocycles. The van der Waals surface area contributed by atoms with Crippen LogP contribution in [0, 0.1) is 0 Å². The number of aliphatic hydroxyl groups excluding tert-OH is 1.